The summed E-state index contributed by atoms with van der Waals surface area (Å²) in [5.41, 5.74) is 6.10. The molecule has 1 atom stereocenters. The van der Waals surface area contributed by atoms with Crippen LogP contribution < -0.4 is 25.3 Å². The molecule has 0 spiro atoms. The van der Waals surface area contributed by atoms with E-state index < -0.39 is 0 Å². The zero-order valence-corrected chi connectivity index (χ0v) is 11.6. The highest BCUT2D eigenvalue weighted by atomic mass is 16.5. The van der Waals surface area contributed by atoms with Crippen LogP contribution in [-0.2, 0) is 4.79 Å². The van der Waals surface area contributed by atoms with Crippen LogP contribution in [0.4, 0.5) is 5.69 Å². The van der Waals surface area contributed by atoms with Gasteiger partial charge in [-0.15, -0.1) is 0 Å². The summed E-state index contributed by atoms with van der Waals surface area (Å²) in [4.78, 5) is 11.7. The van der Waals surface area contributed by atoms with E-state index in [0.29, 0.717) is 22.9 Å². The summed E-state index contributed by atoms with van der Waals surface area (Å²) >= 11 is 0. The van der Waals surface area contributed by atoms with Crippen molar-refractivity contribution < 1.29 is 19.0 Å². The van der Waals surface area contributed by atoms with Crippen LogP contribution in [0.3, 0.4) is 0 Å². The zero-order chi connectivity index (χ0) is 14.4. The van der Waals surface area contributed by atoms with Crippen LogP contribution >= 0.6 is 0 Å². The highest BCUT2D eigenvalue weighted by Gasteiger charge is 2.17. The molecule has 0 aliphatic carbocycles. The monoisotopic (exact) mass is 268 g/mol. The van der Waals surface area contributed by atoms with Crippen LogP contribution in [-0.4, -0.2) is 33.3 Å². The van der Waals surface area contributed by atoms with Gasteiger partial charge in [-0.25, -0.2) is 0 Å². The second kappa shape index (κ2) is 6.84. The molecule has 0 fully saturated rings. The van der Waals surface area contributed by atoms with Gasteiger partial charge in [0.05, 0.1) is 27.0 Å². The number of nitrogens with two attached hydrogens (primary N) is 1. The largest absolute Gasteiger partial charge is 0.493 e. The van der Waals surface area contributed by atoms with Gasteiger partial charge >= 0.3 is 0 Å². The van der Waals surface area contributed by atoms with Crippen molar-refractivity contribution in [1.82, 2.24) is 0 Å². The average molecular weight is 268 g/mol. The van der Waals surface area contributed by atoms with Crippen molar-refractivity contribution in [3.8, 4) is 17.2 Å². The summed E-state index contributed by atoms with van der Waals surface area (Å²) in [6.07, 6.45) is 0.234. The number of amides is 1. The third-order valence-corrected chi connectivity index (χ3v) is 2.49. The number of carbonyl (C=O) groups excluding carboxylic acids is 1. The van der Waals surface area contributed by atoms with E-state index in [4.69, 9.17) is 19.9 Å². The predicted octanol–water partition coefficient (Wildman–Crippen LogP) is 1.39. The summed E-state index contributed by atoms with van der Waals surface area (Å²) in [6.45, 7) is 1.77. The van der Waals surface area contributed by atoms with Gasteiger partial charge in [0.1, 0.15) is 0 Å². The first-order valence-electron chi connectivity index (χ1n) is 5.87. The molecule has 0 heterocycles. The van der Waals surface area contributed by atoms with E-state index in [2.05, 4.69) is 5.32 Å². The molecule has 6 nitrogen and oxygen atoms in total. The number of methoxy groups -OCH3 is 3. The second-order valence-corrected chi connectivity index (χ2v) is 4.11. The smallest absolute Gasteiger partial charge is 0.226 e. The van der Waals surface area contributed by atoms with Crippen LogP contribution in [0.15, 0.2) is 12.1 Å². The Morgan fingerprint density at radius 3 is 2.32 bits per heavy atom. The normalized spacial score (nSPS) is 11.6. The minimum Gasteiger partial charge on any atom is -0.493 e. The molecular weight excluding hydrogens is 248 g/mol. The summed E-state index contributed by atoms with van der Waals surface area (Å²) in [5.74, 6) is 1.20. The van der Waals surface area contributed by atoms with Crippen molar-refractivity contribution in [2.45, 2.75) is 19.4 Å². The lowest BCUT2D eigenvalue weighted by molar-refractivity contribution is -0.116. The molecule has 3 N–H and O–H groups in total. The zero-order valence-electron chi connectivity index (χ0n) is 11.6. The minimum absolute atomic E-state index is 0.180. The topological polar surface area (TPSA) is 82.8 Å². The van der Waals surface area contributed by atoms with Crippen molar-refractivity contribution in [2.24, 2.45) is 5.73 Å². The second-order valence-electron chi connectivity index (χ2n) is 4.11. The molecule has 0 radical (unpaired) electrons. The molecule has 1 unspecified atom stereocenters. The number of nitrogens with one attached hydrogen (secondary N) is 1. The summed E-state index contributed by atoms with van der Waals surface area (Å²) in [7, 11) is 4.54. The maximum absolute atomic E-state index is 11.7. The van der Waals surface area contributed by atoms with Crippen molar-refractivity contribution in [1.29, 1.82) is 0 Å². The molecule has 0 bridgehead atoms. The molecule has 0 aromatic heterocycles. The number of rotatable bonds is 6. The molecule has 1 aromatic carbocycles. The Labute approximate surface area is 112 Å². The van der Waals surface area contributed by atoms with Gasteiger partial charge in [-0.05, 0) is 19.1 Å². The van der Waals surface area contributed by atoms with Gasteiger partial charge in [-0.1, -0.05) is 0 Å². The van der Waals surface area contributed by atoms with Gasteiger partial charge in [-0.3, -0.25) is 4.79 Å². The first-order valence-corrected chi connectivity index (χ1v) is 5.87. The maximum atomic E-state index is 11.7. The van der Waals surface area contributed by atoms with E-state index in [0.717, 1.165) is 0 Å². The SMILES string of the molecule is COc1ccc(NC(=O)CC(C)N)c(OC)c1OC. The molecule has 0 aliphatic heterocycles. The molecular formula is C13H20N2O4. The van der Waals surface area contributed by atoms with Crippen molar-refractivity contribution in [3.63, 3.8) is 0 Å². The van der Waals surface area contributed by atoms with Crippen molar-refractivity contribution in [3.05, 3.63) is 12.1 Å². The number of hydrogen-bond donors (Lipinski definition) is 2. The maximum Gasteiger partial charge on any atom is 0.226 e. The van der Waals surface area contributed by atoms with Gasteiger partial charge in [0, 0.05) is 12.5 Å². The molecule has 106 valence electrons. The Kier molecular flexibility index (Phi) is 5.44. The van der Waals surface area contributed by atoms with Crippen molar-refractivity contribution in [2.75, 3.05) is 26.6 Å². The minimum atomic E-state index is -0.203. The predicted molar refractivity (Wildman–Crippen MR) is 73.0 cm³/mol. The highest BCUT2D eigenvalue weighted by molar-refractivity contribution is 5.93. The van der Waals surface area contributed by atoms with E-state index in [1.54, 1.807) is 19.1 Å². The first-order chi connectivity index (χ1) is 9.03. The summed E-state index contributed by atoms with van der Waals surface area (Å²) in [6, 6.07) is 3.19. The van der Waals surface area contributed by atoms with E-state index >= 15 is 0 Å². The molecule has 1 aromatic rings. The van der Waals surface area contributed by atoms with Crippen LogP contribution in [0.25, 0.3) is 0 Å². The van der Waals surface area contributed by atoms with Gasteiger partial charge in [0.2, 0.25) is 11.7 Å². The molecule has 19 heavy (non-hydrogen) atoms. The highest BCUT2D eigenvalue weighted by Crippen LogP contribution is 2.42. The van der Waals surface area contributed by atoms with E-state index in [1.807, 2.05) is 0 Å². The van der Waals surface area contributed by atoms with E-state index in [1.165, 1.54) is 21.3 Å². The van der Waals surface area contributed by atoms with Gasteiger partial charge in [-0.2, -0.15) is 0 Å². The van der Waals surface area contributed by atoms with Crippen LogP contribution in [0.2, 0.25) is 0 Å². The quantitative estimate of drug-likeness (QED) is 0.814. The molecule has 6 heteroatoms. The standard InChI is InChI=1S/C13H20N2O4/c1-8(14)7-11(16)15-9-5-6-10(17-2)13(19-4)12(9)18-3/h5-6,8H,7,14H2,1-4H3,(H,15,16). The fraction of sp³-hybridized carbons (Fsp3) is 0.462. The number of carbonyl (C=O) groups is 1. The van der Waals surface area contributed by atoms with Crippen molar-refractivity contribution >= 4 is 11.6 Å². The Hall–Kier alpha value is -1.95. The van der Waals surface area contributed by atoms with Crippen LogP contribution in [0, 0.1) is 0 Å². The fourth-order valence-electron chi connectivity index (χ4n) is 1.69. The Morgan fingerprint density at radius 1 is 1.21 bits per heavy atom. The lowest BCUT2D eigenvalue weighted by Gasteiger charge is -2.16. The van der Waals surface area contributed by atoms with Gasteiger partial charge < -0.3 is 25.3 Å². The van der Waals surface area contributed by atoms with Crippen LogP contribution in [0.5, 0.6) is 17.2 Å². The first kappa shape index (κ1) is 15.1. The number of benzene rings is 1. The lowest BCUT2D eigenvalue weighted by atomic mass is 10.2. The average Bonchev–Trinajstić information content (AvgIpc) is 2.36. The Morgan fingerprint density at radius 2 is 1.84 bits per heavy atom. The molecule has 0 saturated carbocycles. The van der Waals surface area contributed by atoms with Gasteiger partial charge in [0.25, 0.3) is 0 Å². The third kappa shape index (κ3) is 3.75. The third-order valence-electron chi connectivity index (χ3n) is 2.49. The molecule has 1 rings (SSSR count). The summed E-state index contributed by atoms with van der Waals surface area (Å²) in [5, 5.41) is 2.74. The van der Waals surface area contributed by atoms with E-state index in [9.17, 15) is 4.79 Å². The van der Waals surface area contributed by atoms with Crippen LogP contribution in [0.1, 0.15) is 13.3 Å². The molecule has 1 amide bonds. The number of anilines is 1. The number of ether oxygens (including phenoxy) is 3. The summed E-state index contributed by atoms with van der Waals surface area (Å²) < 4.78 is 15.7. The molecule has 0 aliphatic rings. The lowest BCUT2D eigenvalue weighted by Crippen LogP contribution is -2.24. The molecule has 0 saturated heterocycles. The fourth-order valence-corrected chi connectivity index (χ4v) is 1.69. The number of hydrogen-bond acceptors (Lipinski definition) is 5. The Balaban J connectivity index is 3.04. The Bertz CT molecular complexity index is 447. The van der Waals surface area contributed by atoms with Gasteiger partial charge in [0.15, 0.2) is 11.5 Å². The van der Waals surface area contributed by atoms with E-state index in [-0.39, 0.29) is 18.4 Å².